The highest BCUT2D eigenvalue weighted by molar-refractivity contribution is 6.31. The number of para-hydroxylation sites is 2. The van der Waals surface area contributed by atoms with Crippen LogP contribution in [0.4, 0.5) is 5.69 Å². The SMILES string of the molecule is O=c1nc(CN2CCN(C3=Nc4ccccc4Oc4ccc(Cl)cc43)CC2)[nH][nH]1. The summed E-state index contributed by atoms with van der Waals surface area (Å²) < 4.78 is 6.13. The van der Waals surface area contributed by atoms with E-state index in [0.717, 1.165) is 54.8 Å². The number of piperazine rings is 1. The van der Waals surface area contributed by atoms with Crippen LogP contribution in [0, 0.1) is 0 Å². The van der Waals surface area contributed by atoms with Crippen molar-refractivity contribution in [2.24, 2.45) is 4.99 Å². The van der Waals surface area contributed by atoms with Crippen LogP contribution in [-0.2, 0) is 6.54 Å². The first-order chi connectivity index (χ1) is 14.2. The maximum absolute atomic E-state index is 11.2. The maximum atomic E-state index is 11.2. The molecule has 8 nitrogen and oxygen atoms in total. The standard InChI is InChI=1S/C20H19ClN6O2/c21-13-5-6-16-14(11-13)19(22-15-3-1-2-4-17(15)29-16)27-9-7-26(8-10-27)12-18-23-20(28)25-24-18/h1-6,11H,7-10,12H2,(H2,23,24,25,28). The Morgan fingerprint density at radius 3 is 2.66 bits per heavy atom. The third-order valence-electron chi connectivity index (χ3n) is 5.09. The average Bonchev–Trinajstić information content (AvgIpc) is 3.06. The molecule has 0 amide bonds. The Morgan fingerprint density at radius 1 is 1.03 bits per heavy atom. The molecule has 0 spiro atoms. The number of ether oxygens (including phenoxy) is 1. The first-order valence-corrected chi connectivity index (χ1v) is 9.80. The molecule has 1 saturated heterocycles. The van der Waals surface area contributed by atoms with Crippen molar-refractivity contribution in [1.82, 2.24) is 25.0 Å². The monoisotopic (exact) mass is 410 g/mol. The number of fused-ring (bicyclic) bond motifs is 2. The second-order valence-electron chi connectivity index (χ2n) is 7.02. The zero-order valence-corrected chi connectivity index (χ0v) is 16.3. The number of hydrogen-bond donors (Lipinski definition) is 2. The van der Waals surface area contributed by atoms with Crippen LogP contribution < -0.4 is 10.4 Å². The fourth-order valence-corrected chi connectivity index (χ4v) is 3.82. The highest BCUT2D eigenvalue weighted by Crippen LogP contribution is 2.38. The summed E-state index contributed by atoms with van der Waals surface area (Å²) in [5.74, 6) is 2.98. The summed E-state index contributed by atoms with van der Waals surface area (Å²) in [5.41, 5.74) is 1.34. The molecule has 29 heavy (non-hydrogen) atoms. The number of amidine groups is 1. The molecule has 1 fully saturated rings. The summed E-state index contributed by atoms with van der Waals surface area (Å²) in [6.45, 7) is 3.84. The van der Waals surface area contributed by atoms with E-state index in [2.05, 4.69) is 25.0 Å². The molecule has 148 valence electrons. The third kappa shape index (κ3) is 3.64. The zero-order valence-electron chi connectivity index (χ0n) is 15.6. The van der Waals surface area contributed by atoms with Crippen LogP contribution in [0.15, 0.2) is 52.3 Å². The molecule has 5 rings (SSSR count). The van der Waals surface area contributed by atoms with E-state index < -0.39 is 0 Å². The quantitative estimate of drug-likeness (QED) is 0.678. The van der Waals surface area contributed by atoms with Crippen molar-refractivity contribution in [2.75, 3.05) is 26.2 Å². The Hall–Kier alpha value is -3.10. The van der Waals surface area contributed by atoms with Gasteiger partial charge in [0.15, 0.2) is 5.75 Å². The van der Waals surface area contributed by atoms with E-state index in [0.29, 0.717) is 17.4 Å². The van der Waals surface area contributed by atoms with Gasteiger partial charge in [-0.15, -0.1) is 0 Å². The molecule has 2 N–H and O–H groups in total. The van der Waals surface area contributed by atoms with Crippen LogP contribution in [-0.4, -0.2) is 57.0 Å². The first-order valence-electron chi connectivity index (χ1n) is 9.42. The molecule has 0 unspecified atom stereocenters. The molecule has 0 radical (unpaired) electrons. The lowest BCUT2D eigenvalue weighted by Crippen LogP contribution is -2.48. The highest BCUT2D eigenvalue weighted by atomic mass is 35.5. The van der Waals surface area contributed by atoms with Crippen LogP contribution >= 0.6 is 11.6 Å². The van der Waals surface area contributed by atoms with E-state index in [-0.39, 0.29) is 5.69 Å². The molecule has 0 aliphatic carbocycles. The van der Waals surface area contributed by atoms with Gasteiger partial charge in [0, 0.05) is 31.2 Å². The van der Waals surface area contributed by atoms with Crippen LogP contribution in [0.3, 0.4) is 0 Å². The lowest BCUT2D eigenvalue weighted by Gasteiger charge is -2.36. The molecule has 1 aromatic heterocycles. The number of nitrogens with one attached hydrogen (secondary N) is 2. The lowest BCUT2D eigenvalue weighted by molar-refractivity contribution is 0.172. The number of nitrogens with zero attached hydrogens (tertiary/aromatic N) is 4. The van der Waals surface area contributed by atoms with E-state index >= 15 is 0 Å². The molecule has 2 aliphatic rings. The Morgan fingerprint density at radius 2 is 1.86 bits per heavy atom. The van der Waals surface area contributed by atoms with Crippen molar-refractivity contribution >= 4 is 23.1 Å². The summed E-state index contributed by atoms with van der Waals surface area (Å²) in [7, 11) is 0. The van der Waals surface area contributed by atoms with Crippen LogP contribution in [0.5, 0.6) is 11.5 Å². The molecule has 0 bridgehead atoms. The Balaban J connectivity index is 1.42. The van der Waals surface area contributed by atoms with Gasteiger partial charge in [-0.2, -0.15) is 4.98 Å². The lowest BCUT2D eigenvalue weighted by atomic mass is 10.1. The molecule has 3 aromatic rings. The number of aromatic amines is 2. The first kappa shape index (κ1) is 18.0. The number of aliphatic imine (C=N–C) groups is 1. The van der Waals surface area contributed by atoms with Crippen molar-refractivity contribution in [3.05, 3.63) is 69.4 Å². The van der Waals surface area contributed by atoms with Crippen LogP contribution in [0.1, 0.15) is 11.4 Å². The van der Waals surface area contributed by atoms with Gasteiger partial charge in [-0.1, -0.05) is 23.7 Å². The molecule has 0 atom stereocenters. The number of hydrogen-bond acceptors (Lipinski definition) is 6. The Labute approximate surface area is 171 Å². The van der Waals surface area contributed by atoms with Gasteiger partial charge in [-0.05, 0) is 30.3 Å². The number of halogens is 1. The number of benzene rings is 2. The second kappa shape index (κ2) is 7.38. The zero-order chi connectivity index (χ0) is 19.8. The Bertz CT molecular complexity index is 1130. The van der Waals surface area contributed by atoms with Crippen molar-refractivity contribution in [1.29, 1.82) is 0 Å². The second-order valence-corrected chi connectivity index (χ2v) is 7.46. The van der Waals surface area contributed by atoms with Crippen molar-refractivity contribution in [3.8, 4) is 11.5 Å². The molecular formula is C20H19ClN6O2. The third-order valence-corrected chi connectivity index (χ3v) is 5.32. The van der Waals surface area contributed by atoms with Gasteiger partial charge in [0.1, 0.15) is 23.1 Å². The van der Waals surface area contributed by atoms with Crippen molar-refractivity contribution in [2.45, 2.75) is 6.54 Å². The fraction of sp³-hybridized carbons (Fsp3) is 0.250. The largest absolute Gasteiger partial charge is 0.454 e. The van der Waals surface area contributed by atoms with Gasteiger partial charge < -0.3 is 9.64 Å². The summed E-state index contributed by atoms with van der Waals surface area (Å²) in [4.78, 5) is 24.6. The van der Waals surface area contributed by atoms with Crippen LogP contribution in [0.25, 0.3) is 0 Å². The predicted octanol–water partition coefficient (Wildman–Crippen LogP) is 2.75. The predicted molar refractivity (Wildman–Crippen MR) is 110 cm³/mol. The Kier molecular flexibility index (Phi) is 4.57. The minimum Gasteiger partial charge on any atom is -0.454 e. The van der Waals surface area contributed by atoms with E-state index in [1.54, 1.807) is 0 Å². The normalized spacial score (nSPS) is 16.4. The molecule has 0 saturated carbocycles. The number of H-pyrrole nitrogens is 2. The van der Waals surface area contributed by atoms with Gasteiger partial charge in [-0.25, -0.2) is 14.9 Å². The number of rotatable bonds is 2. The topological polar surface area (TPSA) is 89.6 Å². The maximum Gasteiger partial charge on any atom is 0.361 e. The summed E-state index contributed by atoms with van der Waals surface area (Å²) in [6, 6.07) is 13.4. The van der Waals surface area contributed by atoms with Gasteiger partial charge in [0.05, 0.1) is 12.1 Å². The molecule has 2 aromatic carbocycles. The minimum atomic E-state index is -0.349. The van der Waals surface area contributed by atoms with Crippen molar-refractivity contribution < 1.29 is 4.74 Å². The highest BCUT2D eigenvalue weighted by Gasteiger charge is 2.26. The average molecular weight is 411 g/mol. The molecule has 3 heterocycles. The fourth-order valence-electron chi connectivity index (χ4n) is 3.64. The van der Waals surface area contributed by atoms with Gasteiger partial charge >= 0.3 is 5.69 Å². The van der Waals surface area contributed by atoms with E-state index in [4.69, 9.17) is 21.3 Å². The van der Waals surface area contributed by atoms with E-state index in [1.807, 2.05) is 42.5 Å². The minimum absolute atomic E-state index is 0.349. The van der Waals surface area contributed by atoms with E-state index in [9.17, 15) is 4.79 Å². The van der Waals surface area contributed by atoms with Crippen LogP contribution in [0.2, 0.25) is 5.02 Å². The molecular weight excluding hydrogens is 392 g/mol. The van der Waals surface area contributed by atoms with Gasteiger partial charge in [-0.3, -0.25) is 10.00 Å². The van der Waals surface area contributed by atoms with E-state index in [1.165, 1.54) is 0 Å². The summed E-state index contributed by atoms with van der Waals surface area (Å²) in [5, 5.41) is 5.93. The smallest absolute Gasteiger partial charge is 0.361 e. The van der Waals surface area contributed by atoms with Gasteiger partial charge in [0.25, 0.3) is 0 Å². The van der Waals surface area contributed by atoms with Gasteiger partial charge in [0.2, 0.25) is 0 Å². The van der Waals surface area contributed by atoms with Crippen molar-refractivity contribution in [3.63, 3.8) is 0 Å². The summed E-state index contributed by atoms with van der Waals surface area (Å²) in [6.07, 6.45) is 0. The number of aromatic nitrogens is 3. The molecule has 9 heteroatoms. The summed E-state index contributed by atoms with van der Waals surface area (Å²) >= 11 is 6.28. The molecule has 2 aliphatic heterocycles.